The maximum Gasteiger partial charge on any atom is 0.251 e. The molecular formula is C15H23N3O2. The van der Waals surface area contributed by atoms with Crippen molar-refractivity contribution in [3.05, 3.63) is 35.9 Å². The zero-order chi connectivity index (χ0) is 15.0. The predicted molar refractivity (Wildman–Crippen MR) is 79.3 cm³/mol. The van der Waals surface area contributed by atoms with E-state index in [1.54, 1.807) is 24.1 Å². The fourth-order valence-corrected chi connectivity index (χ4v) is 1.71. The molecule has 0 saturated heterocycles. The second-order valence-electron chi connectivity index (χ2n) is 4.81. The van der Waals surface area contributed by atoms with Crippen molar-refractivity contribution in [1.82, 2.24) is 10.2 Å². The third kappa shape index (κ3) is 5.01. The van der Waals surface area contributed by atoms with E-state index in [2.05, 4.69) is 5.32 Å². The van der Waals surface area contributed by atoms with Crippen molar-refractivity contribution in [1.29, 1.82) is 0 Å². The zero-order valence-electron chi connectivity index (χ0n) is 12.1. The van der Waals surface area contributed by atoms with E-state index in [4.69, 9.17) is 5.73 Å². The molecule has 0 aliphatic heterocycles. The van der Waals surface area contributed by atoms with Gasteiger partial charge in [0.25, 0.3) is 5.91 Å². The smallest absolute Gasteiger partial charge is 0.251 e. The van der Waals surface area contributed by atoms with Gasteiger partial charge in [-0.2, -0.15) is 0 Å². The van der Waals surface area contributed by atoms with Crippen LogP contribution in [-0.2, 0) is 4.79 Å². The molecule has 1 atom stereocenters. The van der Waals surface area contributed by atoms with Gasteiger partial charge in [0, 0.05) is 38.2 Å². The Morgan fingerprint density at radius 1 is 1.30 bits per heavy atom. The number of nitrogens with one attached hydrogen (secondary N) is 1. The Morgan fingerprint density at radius 3 is 2.55 bits per heavy atom. The maximum absolute atomic E-state index is 11.8. The molecule has 5 heteroatoms. The summed E-state index contributed by atoms with van der Waals surface area (Å²) >= 11 is 0. The lowest BCUT2D eigenvalue weighted by Gasteiger charge is -2.23. The fraction of sp³-hybridized carbons (Fsp3) is 0.467. The standard InChI is InChI=1S/C15H23N3O2/c1-12(11-16)18(2)14(19)9-6-10-17-15(20)13-7-4-3-5-8-13/h3-5,7-8,12H,6,9-11,16H2,1-2H3,(H,17,20). The first-order valence-corrected chi connectivity index (χ1v) is 6.85. The molecule has 110 valence electrons. The molecule has 20 heavy (non-hydrogen) atoms. The molecule has 1 aromatic carbocycles. The van der Waals surface area contributed by atoms with Crippen LogP contribution in [0.15, 0.2) is 30.3 Å². The van der Waals surface area contributed by atoms with Gasteiger partial charge >= 0.3 is 0 Å². The first-order chi connectivity index (χ1) is 9.56. The highest BCUT2D eigenvalue weighted by Crippen LogP contribution is 2.01. The summed E-state index contributed by atoms with van der Waals surface area (Å²) in [6, 6.07) is 9.07. The maximum atomic E-state index is 11.8. The molecular weight excluding hydrogens is 254 g/mol. The molecule has 1 unspecified atom stereocenters. The summed E-state index contributed by atoms with van der Waals surface area (Å²) in [4.78, 5) is 25.2. The van der Waals surface area contributed by atoms with Crippen LogP contribution in [0.4, 0.5) is 0 Å². The molecule has 2 amide bonds. The molecule has 0 saturated carbocycles. The van der Waals surface area contributed by atoms with E-state index in [0.717, 1.165) is 0 Å². The van der Waals surface area contributed by atoms with Gasteiger partial charge in [-0.1, -0.05) is 18.2 Å². The van der Waals surface area contributed by atoms with Crippen LogP contribution in [0, 0.1) is 0 Å². The largest absolute Gasteiger partial charge is 0.352 e. The van der Waals surface area contributed by atoms with Gasteiger partial charge in [0.1, 0.15) is 0 Å². The van der Waals surface area contributed by atoms with Gasteiger partial charge in [-0.3, -0.25) is 9.59 Å². The van der Waals surface area contributed by atoms with Gasteiger partial charge in [0.2, 0.25) is 5.91 Å². The molecule has 1 aromatic rings. The Kier molecular flexibility index (Phi) is 6.73. The van der Waals surface area contributed by atoms with Crippen molar-refractivity contribution >= 4 is 11.8 Å². The molecule has 0 heterocycles. The molecule has 5 nitrogen and oxygen atoms in total. The predicted octanol–water partition coefficient (Wildman–Crippen LogP) is 1.00. The number of nitrogens with two attached hydrogens (primary N) is 1. The number of nitrogens with zero attached hydrogens (tertiary/aromatic N) is 1. The minimum Gasteiger partial charge on any atom is -0.352 e. The van der Waals surface area contributed by atoms with E-state index < -0.39 is 0 Å². The highest BCUT2D eigenvalue weighted by molar-refractivity contribution is 5.94. The Morgan fingerprint density at radius 2 is 1.95 bits per heavy atom. The average Bonchev–Trinajstić information content (AvgIpc) is 2.50. The molecule has 0 aromatic heterocycles. The molecule has 3 N–H and O–H groups in total. The number of carbonyl (C=O) groups excluding carboxylic acids is 2. The number of benzene rings is 1. The number of likely N-dealkylation sites (N-methyl/N-ethyl adjacent to an activating group) is 1. The summed E-state index contributed by atoms with van der Waals surface area (Å²) in [5.41, 5.74) is 6.15. The van der Waals surface area contributed by atoms with E-state index in [9.17, 15) is 9.59 Å². The number of hydrogen-bond acceptors (Lipinski definition) is 3. The van der Waals surface area contributed by atoms with Crippen LogP contribution < -0.4 is 11.1 Å². The van der Waals surface area contributed by atoms with E-state index in [-0.39, 0.29) is 17.9 Å². The summed E-state index contributed by atoms with van der Waals surface area (Å²) in [5, 5.41) is 2.80. The summed E-state index contributed by atoms with van der Waals surface area (Å²) in [5.74, 6) is -0.0568. The van der Waals surface area contributed by atoms with Crippen LogP contribution in [0.2, 0.25) is 0 Å². The number of carbonyl (C=O) groups is 2. The molecule has 0 spiro atoms. The van der Waals surface area contributed by atoms with E-state index in [1.165, 1.54) is 0 Å². The minimum atomic E-state index is -0.110. The minimum absolute atomic E-state index is 0.0430. The van der Waals surface area contributed by atoms with Crippen molar-refractivity contribution in [3.8, 4) is 0 Å². The van der Waals surface area contributed by atoms with Crippen LogP contribution in [0.3, 0.4) is 0 Å². The normalized spacial score (nSPS) is 11.8. The second kappa shape index (κ2) is 8.32. The van der Waals surface area contributed by atoms with Crippen LogP contribution in [0.5, 0.6) is 0 Å². The van der Waals surface area contributed by atoms with Gasteiger partial charge in [0.05, 0.1) is 0 Å². The highest BCUT2D eigenvalue weighted by Gasteiger charge is 2.13. The Balaban J connectivity index is 2.25. The van der Waals surface area contributed by atoms with E-state index in [0.29, 0.717) is 31.5 Å². The first-order valence-electron chi connectivity index (χ1n) is 6.85. The summed E-state index contributed by atoms with van der Waals surface area (Å²) in [6.45, 7) is 2.85. The van der Waals surface area contributed by atoms with Gasteiger partial charge in [-0.05, 0) is 25.5 Å². The monoisotopic (exact) mass is 277 g/mol. The second-order valence-corrected chi connectivity index (χ2v) is 4.81. The lowest BCUT2D eigenvalue weighted by molar-refractivity contribution is -0.131. The van der Waals surface area contributed by atoms with Gasteiger partial charge in [-0.15, -0.1) is 0 Å². The molecule has 0 aliphatic rings. The zero-order valence-corrected chi connectivity index (χ0v) is 12.1. The van der Waals surface area contributed by atoms with Crippen molar-refractivity contribution in [3.63, 3.8) is 0 Å². The summed E-state index contributed by atoms with van der Waals surface area (Å²) in [6.07, 6.45) is 1.04. The van der Waals surface area contributed by atoms with Crippen LogP contribution in [0.25, 0.3) is 0 Å². The number of rotatable bonds is 7. The van der Waals surface area contributed by atoms with Crippen molar-refractivity contribution in [2.45, 2.75) is 25.8 Å². The highest BCUT2D eigenvalue weighted by atomic mass is 16.2. The quantitative estimate of drug-likeness (QED) is 0.730. The Hall–Kier alpha value is -1.88. The fourth-order valence-electron chi connectivity index (χ4n) is 1.71. The van der Waals surface area contributed by atoms with Crippen LogP contribution >= 0.6 is 0 Å². The average molecular weight is 277 g/mol. The van der Waals surface area contributed by atoms with Crippen LogP contribution in [-0.4, -0.2) is 42.9 Å². The first kappa shape index (κ1) is 16.2. The summed E-state index contributed by atoms with van der Waals surface area (Å²) in [7, 11) is 1.75. The Bertz CT molecular complexity index is 434. The lowest BCUT2D eigenvalue weighted by Crippen LogP contribution is -2.39. The number of hydrogen-bond donors (Lipinski definition) is 2. The number of amides is 2. The third-order valence-corrected chi connectivity index (χ3v) is 3.28. The molecule has 0 radical (unpaired) electrons. The van der Waals surface area contributed by atoms with Gasteiger partial charge in [-0.25, -0.2) is 0 Å². The van der Waals surface area contributed by atoms with E-state index in [1.807, 2.05) is 25.1 Å². The SMILES string of the molecule is CC(CN)N(C)C(=O)CCCNC(=O)c1ccccc1. The van der Waals surface area contributed by atoms with Crippen LogP contribution in [0.1, 0.15) is 30.1 Å². The Labute approximate surface area is 120 Å². The molecule has 1 rings (SSSR count). The van der Waals surface area contributed by atoms with Gasteiger partial charge < -0.3 is 16.0 Å². The molecule has 0 bridgehead atoms. The van der Waals surface area contributed by atoms with Crippen molar-refractivity contribution < 1.29 is 9.59 Å². The topological polar surface area (TPSA) is 75.4 Å². The molecule has 0 aliphatic carbocycles. The third-order valence-electron chi connectivity index (χ3n) is 3.28. The van der Waals surface area contributed by atoms with Crippen molar-refractivity contribution in [2.75, 3.05) is 20.1 Å². The molecule has 0 fully saturated rings. The lowest BCUT2D eigenvalue weighted by atomic mass is 10.2. The van der Waals surface area contributed by atoms with Crippen molar-refractivity contribution in [2.24, 2.45) is 5.73 Å². The van der Waals surface area contributed by atoms with Gasteiger partial charge in [0.15, 0.2) is 0 Å². The summed E-state index contributed by atoms with van der Waals surface area (Å²) < 4.78 is 0. The van der Waals surface area contributed by atoms with E-state index >= 15 is 0 Å².